The molecular formula is C24H25N7O. The lowest BCUT2D eigenvalue weighted by atomic mass is 10.1. The predicted molar refractivity (Wildman–Crippen MR) is 127 cm³/mol. The lowest BCUT2D eigenvalue weighted by Gasteiger charge is -2.09. The molecule has 5 aromatic rings. The molecule has 0 saturated carbocycles. The molecule has 0 saturated heterocycles. The van der Waals surface area contributed by atoms with Crippen molar-refractivity contribution in [2.75, 3.05) is 24.3 Å². The van der Waals surface area contributed by atoms with Crippen molar-refractivity contribution in [1.29, 1.82) is 0 Å². The number of anilines is 2. The van der Waals surface area contributed by atoms with Crippen molar-refractivity contribution in [1.82, 2.24) is 24.9 Å². The highest BCUT2D eigenvalue weighted by Crippen LogP contribution is 2.24. The van der Waals surface area contributed by atoms with Gasteiger partial charge in [-0.2, -0.15) is 4.98 Å². The Morgan fingerprint density at radius 3 is 2.84 bits per heavy atom. The number of methoxy groups -OCH3 is 1. The molecule has 2 aromatic carbocycles. The van der Waals surface area contributed by atoms with E-state index in [-0.39, 0.29) is 0 Å². The van der Waals surface area contributed by atoms with Crippen molar-refractivity contribution in [3.63, 3.8) is 0 Å². The summed E-state index contributed by atoms with van der Waals surface area (Å²) in [6.07, 6.45) is 4.65. The maximum absolute atomic E-state index is 5.35. The van der Waals surface area contributed by atoms with Crippen LogP contribution in [0, 0.1) is 6.92 Å². The van der Waals surface area contributed by atoms with Crippen molar-refractivity contribution in [2.45, 2.75) is 19.9 Å². The fraction of sp³-hybridized carbons (Fsp3) is 0.208. The van der Waals surface area contributed by atoms with Crippen LogP contribution in [-0.4, -0.2) is 38.6 Å². The number of benzene rings is 2. The van der Waals surface area contributed by atoms with Crippen molar-refractivity contribution >= 4 is 33.7 Å². The Labute approximate surface area is 185 Å². The number of aryl methyl sites for hydroxylation is 1. The molecule has 0 amide bonds. The summed E-state index contributed by atoms with van der Waals surface area (Å²) >= 11 is 0. The molecule has 0 radical (unpaired) electrons. The van der Waals surface area contributed by atoms with Crippen LogP contribution in [0.2, 0.25) is 0 Å². The Kier molecular flexibility index (Phi) is 5.33. The van der Waals surface area contributed by atoms with E-state index >= 15 is 0 Å². The Bertz CT molecular complexity index is 1370. The van der Waals surface area contributed by atoms with Gasteiger partial charge in [0, 0.05) is 36.4 Å². The van der Waals surface area contributed by atoms with E-state index in [2.05, 4.69) is 53.8 Å². The van der Waals surface area contributed by atoms with E-state index in [1.165, 1.54) is 10.9 Å². The lowest BCUT2D eigenvalue weighted by Crippen LogP contribution is -2.09. The third-order valence-corrected chi connectivity index (χ3v) is 5.45. The molecule has 0 aliphatic rings. The van der Waals surface area contributed by atoms with Crippen LogP contribution in [0.1, 0.15) is 17.0 Å². The van der Waals surface area contributed by atoms with E-state index in [1.807, 2.05) is 37.4 Å². The number of nitrogens with zero attached hydrogens (tertiary/aromatic N) is 3. The van der Waals surface area contributed by atoms with Gasteiger partial charge in [0.25, 0.3) is 0 Å². The quantitative estimate of drug-likeness (QED) is 0.292. The standard InChI is InChI=1S/C24H25N7O/c1-15-29-21-5-3-16(11-22(21)30-15)13-28-23-8-10-26-24(31-23)25-9-7-17-14-27-20-6-4-18(32-2)12-19(17)20/h3-6,8,10-12,14,27H,7,9,13H2,1-2H3,(H,29,30)(H2,25,26,28,31). The van der Waals surface area contributed by atoms with Gasteiger partial charge < -0.3 is 25.3 Å². The number of ether oxygens (including phenoxy) is 1. The lowest BCUT2D eigenvalue weighted by molar-refractivity contribution is 0.415. The molecule has 0 atom stereocenters. The molecule has 32 heavy (non-hydrogen) atoms. The molecule has 0 bridgehead atoms. The first-order chi connectivity index (χ1) is 15.7. The number of aromatic nitrogens is 5. The number of imidazole rings is 1. The Morgan fingerprint density at radius 1 is 1.00 bits per heavy atom. The molecule has 8 nitrogen and oxygen atoms in total. The van der Waals surface area contributed by atoms with Gasteiger partial charge in [0.05, 0.1) is 18.1 Å². The zero-order chi connectivity index (χ0) is 21.9. The summed E-state index contributed by atoms with van der Waals surface area (Å²) in [5.41, 5.74) is 5.51. The molecule has 5 rings (SSSR count). The minimum absolute atomic E-state index is 0.604. The number of fused-ring (bicyclic) bond motifs is 2. The molecule has 0 fully saturated rings. The van der Waals surface area contributed by atoms with Crippen LogP contribution < -0.4 is 15.4 Å². The maximum atomic E-state index is 5.35. The SMILES string of the molecule is COc1ccc2[nH]cc(CCNc3nccc(NCc4ccc5nc(C)[nH]c5c4)n3)c2c1. The van der Waals surface area contributed by atoms with Crippen LogP contribution in [-0.2, 0) is 13.0 Å². The number of hydrogen-bond acceptors (Lipinski definition) is 6. The summed E-state index contributed by atoms with van der Waals surface area (Å²) in [5, 5.41) is 7.86. The van der Waals surface area contributed by atoms with Gasteiger partial charge in [0.2, 0.25) is 5.95 Å². The second-order valence-electron chi connectivity index (χ2n) is 7.69. The summed E-state index contributed by atoms with van der Waals surface area (Å²) in [5.74, 6) is 3.16. The van der Waals surface area contributed by atoms with Crippen LogP contribution in [0.15, 0.2) is 54.9 Å². The fourth-order valence-electron chi connectivity index (χ4n) is 3.83. The Balaban J connectivity index is 1.19. The molecule has 4 N–H and O–H groups in total. The van der Waals surface area contributed by atoms with E-state index in [0.717, 1.165) is 52.5 Å². The molecule has 0 aliphatic heterocycles. The molecule has 0 spiro atoms. The molecule has 8 heteroatoms. The molecular weight excluding hydrogens is 402 g/mol. The highest BCUT2D eigenvalue weighted by molar-refractivity contribution is 5.84. The average Bonchev–Trinajstić information content (AvgIpc) is 3.39. The van der Waals surface area contributed by atoms with Crippen LogP contribution in [0.5, 0.6) is 5.75 Å². The van der Waals surface area contributed by atoms with Crippen LogP contribution >= 0.6 is 0 Å². The van der Waals surface area contributed by atoms with Crippen LogP contribution in [0.4, 0.5) is 11.8 Å². The third kappa shape index (κ3) is 4.20. The van der Waals surface area contributed by atoms with Gasteiger partial charge in [-0.1, -0.05) is 6.07 Å². The number of hydrogen-bond donors (Lipinski definition) is 4. The highest BCUT2D eigenvalue weighted by Gasteiger charge is 2.06. The summed E-state index contributed by atoms with van der Waals surface area (Å²) < 4.78 is 5.35. The first-order valence-electron chi connectivity index (χ1n) is 10.6. The summed E-state index contributed by atoms with van der Waals surface area (Å²) in [6, 6.07) is 14.1. The Morgan fingerprint density at radius 2 is 1.94 bits per heavy atom. The minimum Gasteiger partial charge on any atom is -0.497 e. The van der Waals surface area contributed by atoms with Gasteiger partial charge in [0.15, 0.2) is 0 Å². The largest absolute Gasteiger partial charge is 0.497 e. The monoisotopic (exact) mass is 427 g/mol. The first-order valence-corrected chi connectivity index (χ1v) is 10.6. The number of rotatable bonds is 8. The normalized spacial score (nSPS) is 11.2. The summed E-state index contributed by atoms with van der Waals surface area (Å²) in [6.45, 7) is 3.35. The molecule has 0 aliphatic carbocycles. The summed E-state index contributed by atoms with van der Waals surface area (Å²) in [7, 11) is 1.68. The molecule has 0 unspecified atom stereocenters. The van der Waals surface area contributed by atoms with Crippen molar-refractivity contribution in [3.05, 3.63) is 71.8 Å². The van der Waals surface area contributed by atoms with E-state index in [1.54, 1.807) is 13.3 Å². The number of H-pyrrole nitrogens is 2. The van der Waals surface area contributed by atoms with Crippen LogP contribution in [0.3, 0.4) is 0 Å². The van der Waals surface area contributed by atoms with Gasteiger partial charge in [-0.25, -0.2) is 9.97 Å². The smallest absolute Gasteiger partial charge is 0.224 e. The second kappa shape index (κ2) is 8.58. The van der Waals surface area contributed by atoms with Crippen molar-refractivity contribution < 1.29 is 4.74 Å². The third-order valence-electron chi connectivity index (χ3n) is 5.45. The van der Waals surface area contributed by atoms with E-state index in [9.17, 15) is 0 Å². The highest BCUT2D eigenvalue weighted by atomic mass is 16.5. The minimum atomic E-state index is 0.604. The average molecular weight is 428 g/mol. The van der Waals surface area contributed by atoms with E-state index < -0.39 is 0 Å². The van der Waals surface area contributed by atoms with Gasteiger partial charge >= 0.3 is 0 Å². The number of aromatic amines is 2. The molecule has 3 heterocycles. The maximum Gasteiger partial charge on any atom is 0.224 e. The van der Waals surface area contributed by atoms with Crippen LogP contribution in [0.25, 0.3) is 21.9 Å². The van der Waals surface area contributed by atoms with E-state index in [4.69, 9.17) is 4.74 Å². The van der Waals surface area contributed by atoms with Gasteiger partial charge in [-0.3, -0.25) is 0 Å². The molecule has 3 aromatic heterocycles. The zero-order valence-corrected chi connectivity index (χ0v) is 18.1. The fourth-order valence-corrected chi connectivity index (χ4v) is 3.83. The Hall–Kier alpha value is -4.07. The number of nitrogens with one attached hydrogen (secondary N) is 4. The zero-order valence-electron chi connectivity index (χ0n) is 18.1. The predicted octanol–water partition coefficient (Wildman–Crippen LogP) is 4.42. The second-order valence-corrected chi connectivity index (χ2v) is 7.69. The van der Waals surface area contributed by atoms with Gasteiger partial charge in [0.1, 0.15) is 17.4 Å². The van der Waals surface area contributed by atoms with Gasteiger partial charge in [-0.05, 0) is 60.9 Å². The van der Waals surface area contributed by atoms with Crippen molar-refractivity contribution in [2.24, 2.45) is 0 Å². The molecule has 162 valence electrons. The van der Waals surface area contributed by atoms with E-state index in [0.29, 0.717) is 12.5 Å². The summed E-state index contributed by atoms with van der Waals surface area (Å²) in [4.78, 5) is 20.0. The van der Waals surface area contributed by atoms with Crippen molar-refractivity contribution in [3.8, 4) is 5.75 Å². The topological polar surface area (TPSA) is 104 Å². The van der Waals surface area contributed by atoms with Gasteiger partial charge in [-0.15, -0.1) is 0 Å². The first kappa shape index (κ1) is 19.9.